The fourth-order valence-electron chi connectivity index (χ4n) is 6.76. The Labute approximate surface area is 393 Å². The summed E-state index contributed by atoms with van der Waals surface area (Å²) in [6, 6.07) is 10.5. The summed E-state index contributed by atoms with van der Waals surface area (Å²) < 4.78 is 99.2. The van der Waals surface area contributed by atoms with Crippen LogP contribution in [-0.4, -0.2) is 97.2 Å². The molecule has 2 aliphatic heterocycles. The number of alkyl halides is 3. The van der Waals surface area contributed by atoms with Gasteiger partial charge in [0.2, 0.25) is 17.7 Å². The maximum absolute atomic E-state index is 14.7. The molecule has 360 valence electrons. The van der Waals surface area contributed by atoms with Crippen molar-refractivity contribution in [3.05, 3.63) is 94.5 Å². The second-order valence-corrected chi connectivity index (χ2v) is 16.2. The maximum Gasteiger partial charge on any atom is 0.419 e. The summed E-state index contributed by atoms with van der Waals surface area (Å²) in [5.41, 5.74) is 0.0350. The quantitative estimate of drug-likeness (QED) is 0.0861. The van der Waals surface area contributed by atoms with Crippen molar-refractivity contribution in [2.75, 3.05) is 49.1 Å². The van der Waals surface area contributed by atoms with E-state index in [0.29, 0.717) is 46.3 Å². The van der Waals surface area contributed by atoms with Gasteiger partial charge in [-0.1, -0.05) is 17.5 Å². The summed E-state index contributed by atoms with van der Waals surface area (Å²) in [6.07, 6.45) is 5.47. The number of hydrogen-bond acceptors (Lipinski definition) is 15. The van der Waals surface area contributed by atoms with E-state index in [2.05, 4.69) is 25.9 Å². The van der Waals surface area contributed by atoms with Crippen LogP contribution in [0.5, 0.6) is 23.3 Å². The average molecular weight is 999 g/mol. The molecule has 0 saturated carbocycles. The Balaban J connectivity index is 0.000000176. The zero-order chi connectivity index (χ0) is 50.2. The molecule has 0 atom stereocenters. The number of halogens is 5. The van der Waals surface area contributed by atoms with Crippen molar-refractivity contribution in [3.8, 4) is 35.6 Å². The minimum absolute atomic E-state index is 0.0101. The Morgan fingerprint density at radius 2 is 1.58 bits per heavy atom. The molecule has 0 spiro atoms. The van der Waals surface area contributed by atoms with E-state index in [4.69, 9.17) is 42.1 Å². The molecule has 5 amide bonds. The van der Waals surface area contributed by atoms with Gasteiger partial charge in [0.15, 0.2) is 24.1 Å². The summed E-state index contributed by atoms with van der Waals surface area (Å²) in [5, 5.41) is 10.4. The summed E-state index contributed by atoms with van der Waals surface area (Å²) in [4.78, 5) is 76.6. The number of nitrogens with zero attached hydrogens (tertiary/aromatic N) is 6. The average Bonchev–Trinajstić information content (AvgIpc) is 3.57. The van der Waals surface area contributed by atoms with Crippen LogP contribution in [0.2, 0.25) is 5.02 Å². The first-order chi connectivity index (χ1) is 32.8. The monoisotopic (exact) mass is 998 g/mol. The fraction of sp³-hybridized carbons (Fsp3) is 0.233. The highest BCUT2D eigenvalue weighted by atomic mass is 35.5. The number of carbonyl (C=O) groups excluding carboxylic acids is 4. The maximum atomic E-state index is 14.7. The number of carboxylic acid groups (broad SMARTS) is 1. The third-order valence-electron chi connectivity index (χ3n) is 9.76. The van der Waals surface area contributed by atoms with E-state index in [1.807, 2.05) is 5.32 Å². The predicted molar refractivity (Wildman–Crippen MR) is 235 cm³/mol. The second kappa shape index (κ2) is 21.2. The van der Waals surface area contributed by atoms with Crippen molar-refractivity contribution in [1.82, 2.24) is 24.7 Å². The molecule has 3 aromatic heterocycles. The summed E-state index contributed by atoms with van der Waals surface area (Å²) in [7, 11) is -2.39. The first-order valence-electron chi connectivity index (χ1n) is 19.8. The normalized spacial score (nSPS) is 14.2. The summed E-state index contributed by atoms with van der Waals surface area (Å²) in [5.74, 6) is -0.631. The number of aliphatic carboxylic acids is 1. The number of anilines is 3. The number of terminal acetylenes is 1. The highest BCUT2D eigenvalue weighted by Gasteiger charge is 2.42. The lowest BCUT2D eigenvalue weighted by atomic mass is 9.93. The third kappa shape index (κ3) is 11.5. The molecule has 1 aliphatic carbocycles. The van der Waals surface area contributed by atoms with Gasteiger partial charge in [0.1, 0.15) is 17.0 Å². The molecule has 0 unspecified atom stereocenters. The van der Waals surface area contributed by atoms with Crippen molar-refractivity contribution in [2.24, 2.45) is 0 Å². The zero-order valence-corrected chi connectivity index (χ0v) is 37.4. The number of rotatable bonds is 10. The highest BCUT2D eigenvalue weighted by Crippen LogP contribution is 2.42. The number of methoxy groups -OCH3 is 2. The number of sulfonamides is 1. The molecule has 5 heterocycles. The van der Waals surface area contributed by atoms with Gasteiger partial charge in [-0.25, -0.2) is 28.6 Å². The first kappa shape index (κ1) is 50.3. The number of amides is 5. The Hall–Kier alpha value is -8.11. The fourth-order valence-corrected chi connectivity index (χ4v) is 8.04. The van der Waals surface area contributed by atoms with Gasteiger partial charge < -0.3 is 24.1 Å². The Kier molecular flexibility index (Phi) is 15.5. The minimum atomic E-state index is -4.99. The van der Waals surface area contributed by atoms with E-state index in [-0.39, 0.29) is 47.9 Å². The van der Waals surface area contributed by atoms with Crippen LogP contribution < -0.4 is 38.8 Å². The number of benzene rings is 2. The number of urea groups is 1. The predicted octanol–water partition coefficient (Wildman–Crippen LogP) is 5.70. The van der Waals surface area contributed by atoms with Gasteiger partial charge in [-0.15, -0.1) is 6.42 Å². The van der Waals surface area contributed by atoms with Crippen LogP contribution in [0.3, 0.4) is 0 Å². The number of carboxylic acids is 1. The number of ether oxygens (including phenoxy) is 4. The van der Waals surface area contributed by atoms with Gasteiger partial charge >= 0.3 is 18.2 Å². The second-order valence-electron chi connectivity index (χ2n) is 14.2. The Bertz CT molecular complexity index is 3010. The van der Waals surface area contributed by atoms with E-state index < -0.39 is 69.0 Å². The molecule has 69 heavy (non-hydrogen) atoms. The van der Waals surface area contributed by atoms with Gasteiger partial charge in [0.05, 0.1) is 48.8 Å². The molecule has 20 nitrogen and oxygen atoms in total. The molecular formula is C43H35ClF4N8O12S. The largest absolute Gasteiger partial charge is 0.481 e. The summed E-state index contributed by atoms with van der Waals surface area (Å²) in [6.45, 7) is -0.658. The van der Waals surface area contributed by atoms with Crippen LogP contribution >= 0.6 is 11.6 Å². The van der Waals surface area contributed by atoms with Gasteiger partial charge in [-0.05, 0) is 68.1 Å². The molecule has 3 N–H and O–H groups in total. The SMILES string of the molecule is C#CCN1C(=O)COc2cc(F)c(N3C(=O)C4=C(CCCC4)C3=O)cc21.COc1cc(OC)nc(NC(=O)NS(=O)(=O)c2ncccc2C(F)(F)F)n1.O=C(O)COc1ccc(Cl)c2cccnc12. The van der Waals surface area contributed by atoms with Gasteiger partial charge in [0, 0.05) is 35.0 Å². The van der Waals surface area contributed by atoms with Crippen molar-refractivity contribution in [3.63, 3.8) is 0 Å². The molecule has 26 heteroatoms. The lowest BCUT2D eigenvalue weighted by Gasteiger charge is -2.29. The van der Waals surface area contributed by atoms with Gasteiger partial charge in [-0.3, -0.25) is 29.6 Å². The minimum Gasteiger partial charge on any atom is -0.481 e. The standard InChI is InChI=1S/C19H15FN2O4.C13H12F3N5O5S.C11H8ClNO3/c1-2-7-21-15-9-14(13(20)8-16(15)26-10-17(21)23)22-18(24)11-5-3-4-6-12(11)19(22)25;1-25-8-6-9(26-2)19-11(18-8)20-12(22)21-27(23,24)10-7(13(14,15)16)4-3-5-17-10;12-8-3-4-9(16-6-10(14)15)11-7(8)2-1-5-13-11/h1,8-9H,3-7,10H2;3-6H,1-2H3,(H2,18,19,20,21,22);1-5H,6H2,(H,14,15). The van der Waals surface area contributed by atoms with Crippen molar-refractivity contribution in [2.45, 2.75) is 36.9 Å². The van der Waals surface area contributed by atoms with E-state index in [9.17, 15) is 50.0 Å². The van der Waals surface area contributed by atoms with E-state index >= 15 is 0 Å². The number of imide groups is 1. The number of nitrogens with one attached hydrogen (secondary N) is 2. The summed E-state index contributed by atoms with van der Waals surface area (Å²) >= 11 is 5.98. The van der Waals surface area contributed by atoms with Crippen LogP contribution in [0.4, 0.5) is 39.7 Å². The van der Waals surface area contributed by atoms with E-state index in [0.717, 1.165) is 41.5 Å². The molecule has 5 aromatic rings. The number of hydrogen-bond donors (Lipinski definition) is 3. The lowest BCUT2D eigenvalue weighted by molar-refractivity contribution is -0.140. The third-order valence-corrected chi connectivity index (χ3v) is 11.4. The van der Waals surface area contributed by atoms with Crippen molar-refractivity contribution >= 4 is 79.6 Å². The molecule has 0 saturated heterocycles. The van der Waals surface area contributed by atoms with Crippen LogP contribution in [0.15, 0.2) is 83.2 Å². The topological polar surface area (TPSA) is 259 Å². The van der Waals surface area contributed by atoms with E-state index in [1.165, 1.54) is 36.0 Å². The Morgan fingerprint density at radius 3 is 2.19 bits per heavy atom. The first-order valence-corrected chi connectivity index (χ1v) is 21.7. The van der Waals surface area contributed by atoms with Crippen LogP contribution in [0.1, 0.15) is 31.2 Å². The smallest absolute Gasteiger partial charge is 0.419 e. The number of fused-ring (bicyclic) bond motifs is 2. The zero-order valence-electron chi connectivity index (χ0n) is 35.8. The van der Waals surface area contributed by atoms with Crippen molar-refractivity contribution in [1.29, 1.82) is 0 Å². The molecule has 2 aromatic carbocycles. The van der Waals surface area contributed by atoms with Crippen LogP contribution in [0.25, 0.3) is 10.9 Å². The molecule has 8 rings (SSSR count). The van der Waals surface area contributed by atoms with Crippen LogP contribution in [0, 0.1) is 18.2 Å². The molecule has 0 radical (unpaired) electrons. The van der Waals surface area contributed by atoms with Crippen molar-refractivity contribution < 1.29 is 74.0 Å². The number of pyridine rings is 2. The molecular weight excluding hydrogens is 964 g/mol. The lowest BCUT2D eigenvalue weighted by Crippen LogP contribution is -2.39. The Morgan fingerprint density at radius 1 is 0.942 bits per heavy atom. The van der Waals surface area contributed by atoms with Gasteiger partial charge in [0.25, 0.3) is 27.7 Å². The molecule has 3 aliphatic rings. The van der Waals surface area contributed by atoms with E-state index in [1.54, 1.807) is 30.5 Å². The number of carbonyl (C=O) groups is 5. The van der Waals surface area contributed by atoms with Gasteiger partial charge in [-0.2, -0.15) is 31.6 Å². The van der Waals surface area contributed by atoms with Crippen LogP contribution in [-0.2, 0) is 35.4 Å². The molecule has 0 fully saturated rings. The highest BCUT2D eigenvalue weighted by molar-refractivity contribution is 7.90. The molecule has 0 bridgehead atoms. The number of aromatic nitrogens is 4.